The highest BCUT2D eigenvalue weighted by atomic mass is 35.5. The number of alkyl halides is 9. The number of sulfonamides is 1. The largest absolute Gasteiger partial charge is 0.428 e. The van der Waals surface area contributed by atoms with Crippen molar-refractivity contribution in [1.29, 1.82) is 0 Å². The van der Waals surface area contributed by atoms with Crippen LogP contribution in [0, 0.1) is 0 Å². The maximum absolute atomic E-state index is 14.2. The van der Waals surface area contributed by atoms with Crippen molar-refractivity contribution in [2.75, 3.05) is 10.0 Å². The molecule has 2 N–H and O–H groups in total. The SMILES string of the molecule is O=C(Nc1ccc(S(=O)(=O)Nc2ccccc2Cl)cc1)C(F)(F)[C@]1(F)OC(F)(F)C(F)(F)C1(F)F. The Kier molecular flexibility index (Phi) is 6.27. The maximum Gasteiger partial charge on any atom is 0.428 e. The van der Waals surface area contributed by atoms with Crippen molar-refractivity contribution in [3.05, 3.63) is 53.6 Å². The molecule has 0 aromatic heterocycles. The lowest BCUT2D eigenvalue weighted by atomic mass is 9.99. The smallest absolute Gasteiger partial charge is 0.321 e. The van der Waals surface area contributed by atoms with Crippen molar-refractivity contribution in [2.45, 2.75) is 34.6 Å². The highest BCUT2D eigenvalue weighted by molar-refractivity contribution is 7.92. The molecule has 0 radical (unpaired) electrons. The summed E-state index contributed by atoms with van der Waals surface area (Å²) in [7, 11) is -4.31. The molecule has 1 saturated heterocycles. The van der Waals surface area contributed by atoms with Crippen LogP contribution in [0.3, 0.4) is 0 Å². The van der Waals surface area contributed by atoms with Crippen molar-refractivity contribution in [3.63, 3.8) is 0 Å². The average molecular weight is 557 g/mol. The van der Waals surface area contributed by atoms with Gasteiger partial charge in [-0.2, -0.15) is 39.5 Å². The predicted octanol–water partition coefficient (Wildman–Crippen LogP) is 5.27. The second-order valence-corrected chi connectivity index (χ2v) is 9.09. The molecule has 6 nitrogen and oxygen atoms in total. The normalized spacial score (nSPS) is 23.0. The second-order valence-electron chi connectivity index (χ2n) is 7.00. The maximum atomic E-state index is 14.2. The first-order valence-corrected chi connectivity index (χ1v) is 10.8. The summed E-state index contributed by atoms with van der Waals surface area (Å²) >= 11 is 5.83. The first kappa shape index (κ1) is 26.9. The Labute approximate surface area is 195 Å². The monoisotopic (exact) mass is 556 g/mol. The summed E-state index contributed by atoms with van der Waals surface area (Å²) in [6, 6.07) is 8.33. The van der Waals surface area contributed by atoms with Crippen LogP contribution in [0.2, 0.25) is 5.02 Å². The number of halogens is 10. The zero-order valence-electron chi connectivity index (χ0n) is 16.4. The fraction of sp³-hybridized carbons (Fsp3) is 0.278. The molecular weight excluding hydrogens is 547 g/mol. The van der Waals surface area contributed by atoms with Crippen LogP contribution in [0.4, 0.5) is 50.9 Å². The Bertz CT molecular complexity index is 1260. The number of carbonyl (C=O) groups is 1. The molecule has 1 fully saturated rings. The van der Waals surface area contributed by atoms with Gasteiger partial charge in [0.15, 0.2) is 0 Å². The van der Waals surface area contributed by atoms with E-state index in [0.717, 1.165) is 17.4 Å². The number of hydrogen-bond donors (Lipinski definition) is 2. The van der Waals surface area contributed by atoms with Crippen LogP contribution in [-0.4, -0.2) is 44.1 Å². The number of ether oxygens (including phenoxy) is 1. The topological polar surface area (TPSA) is 84.5 Å². The van der Waals surface area contributed by atoms with Gasteiger partial charge in [0.2, 0.25) is 0 Å². The number of benzene rings is 2. The van der Waals surface area contributed by atoms with Crippen LogP contribution in [0.1, 0.15) is 0 Å². The summed E-state index contributed by atoms with van der Waals surface area (Å²) in [5, 5.41) is 1.16. The molecule has 1 aliphatic heterocycles. The van der Waals surface area contributed by atoms with Gasteiger partial charge >= 0.3 is 35.6 Å². The minimum Gasteiger partial charge on any atom is -0.321 e. The molecule has 0 saturated carbocycles. The van der Waals surface area contributed by atoms with E-state index in [9.17, 15) is 52.7 Å². The lowest BCUT2D eigenvalue weighted by Gasteiger charge is -2.31. The van der Waals surface area contributed by atoms with Crippen molar-refractivity contribution in [1.82, 2.24) is 0 Å². The molecule has 1 atom stereocenters. The van der Waals surface area contributed by atoms with Gasteiger partial charge in [0, 0.05) is 5.69 Å². The van der Waals surface area contributed by atoms with Crippen molar-refractivity contribution < 1.29 is 57.5 Å². The van der Waals surface area contributed by atoms with Gasteiger partial charge in [0.25, 0.3) is 10.0 Å². The van der Waals surface area contributed by atoms with E-state index in [1.165, 1.54) is 24.3 Å². The Balaban J connectivity index is 1.82. The quantitative estimate of drug-likeness (QED) is 0.475. The number of para-hydroxylation sites is 1. The van der Waals surface area contributed by atoms with Crippen LogP contribution in [-0.2, 0) is 19.6 Å². The molecule has 1 aliphatic rings. The molecule has 35 heavy (non-hydrogen) atoms. The molecule has 2 aromatic rings. The van der Waals surface area contributed by atoms with E-state index < -0.39 is 56.2 Å². The first-order valence-electron chi connectivity index (χ1n) is 8.89. The zero-order chi connectivity index (χ0) is 26.7. The van der Waals surface area contributed by atoms with Crippen LogP contribution >= 0.6 is 11.6 Å². The summed E-state index contributed by atoms with van der Waals surface area (Å²) in [6.45, 7) is 0. The van der Waals surface area contributed by atoms with Gasteiger partial charge in [-0.1, -0.05) is 23.7 Å². The minimum atomic E-state index is -6.83. The predicted molar refractivity (Wildman–Crippen MR) is 102 cm³/mol. The van der Waals surface area contributed by atoms with Gasteiger partial charge in [0.05, 0.1) is 15.6 Å². The van der Waals surface area contributed by atoms with Crippen molar-refractivity contribution >= 4 is 38.9 Å². The first-order chi connectivity index (χ1) is 15.8. The number of amides is 1. The summed E-state index contributed by atoms with van der Waals surface area (Å²) in [6.07, 6.45) is -6.38. The fourth-order valence-corrected chi connectivity index (χ4v) is 4.09. The summed E-state index contributed by atoms with van der Waals surface area (Å²) in [5.41, 5.74) is -0.805. The van der Waals surface area contributed by atoms with Crippen molar-refractivity contribution in [2.24, 2.45) is 0 Å². The van der Waals surface area contributed by atoms with Gasteiger partial charge in [-0.25, -0.2) is 8.42 Å². The summed E-state index contributed by atoms with van der Waals surface area (Å²) < 4.78 is 151. The van der Waals surface area contributed by atoms with E-state index in [4.69, 9.17) is 11.6 Å². The van der Waals surface area contributed by atoms with Crippen LogP contribution in [0.25, 0.3) is 0 Å². The van der Waals surface area contributed by atoms with Crippen LogP contribution < -0.4 is 10.0 Å². The molecule has 1 heterocycles. The molecular formula is C18H10ClF9N2O4S. The Morgan fingerprint density at radius 1 is 0.886 bits per heavy atom. The summed E-state index contributed by atoms with van der Waals surface area (Å²) in [5.74, 6) is -29.3. The number of hydrogen-bond acceptors (Lipinski definition) is 4. The molecule has 17 heteroatoms. The second kappa shape index (κ2) is 8.16. The fourth-order valence-electron chi connectivity index (χ4n) is 2.77. The molecule has 2 aromatic carbocycles. The number of carbonyl (C=O) groups excluding carboxylic acids is 1. The van der Waals surface area contributed by atoms with E-state index in [-0.39, 0.29) is 10.7 Å². The number of nitrogens with one attached hydrogen (secondary N) is 2. The Hall–Kier alpha value is -2.72. The molecule has 1 amide bonds. The van der Waals surface area contributed by atoms with Gasteiger partial charge < -0.3 is 5.32 Å². The molecule has 192 valence electrons. The van der Waals surface area contributed by atoms with Gasteiger partial charge in [-0.15, -0.1) is 0 Å². The van der Waals surface area contributed by atoms with E-state index >= 15 is 0 Å². The highest BCUT2D eigenvalue weighted by Gasteiger charge is 2.96. The van der Waals surface area contributed by atoms with Gasteiger partial charge in [-0.05, 0) is 36.4 Å². The standard InChI is InChI=1S/C18H10ClF9N2O4S/c19-11-3-1-2-4-12(11)30-35(32,33)10-7-5-9(6-8-10)29-13(31)14(20,21)17(26)15(22,23)16(24,25)18(27,28)34-17/h1-8,30H,(H,29,31)/t17-/m0/s1. The van der Waals surface area contributed by atoms with E-state index in [1.54, 1.807) is 0 Å². The lowest BCUT2D eigenvalue weighted by Crippen LogP contribution is -2.63. The van der Waals surface area contributed by atoms with E-state index in [0.29, 0.717) is 12.1 Å². The third kappa shape index (κ3) is 4.06. The lowest BCUT2D eigenvalue weighted by molar-refractivity contribution is -0.366. The highest BCUT2D eigenvalue weighted by Crippen LogP contribution is 2.64. The van der Waals surface area contributed by atoms with Crippen molar-refractivity contribution in [3.8, 4) is 0 Å². The molecule has 0 spiro atoms. The van der Waals surface area contributed by atoms with Crippen LogP contribution in [0.5, 0.6) is 0 Å². The number of rotatable bonds is 6. The minimum absolute atomic E-state index is 0.0180. The third-order valence-corrected chi connectivity index (χ3v) is 6.37. The van der Waals surface area contributed by atoms with E-state index in [1.807, 2.05) is 0 Å². The Morgan fingerprint density at radius 2 is 1.43 bits per heavy atom. The molecule has 3 rings (SSSR count). The van der Waals surface area contributed by atoms with Gasteiger partial charge in [0.1, 0.15) is 0 Å². The third-order valence-electron chi connectivity index (χ3n) is 4.66. The van der Waals surface area contributed by atoms with E-state index in [2.05, 4.69) is 9.46 Å². The average Bonchev–Trinajstić information content (AvgIpc) is 2.84. The zero-order valence-corrected chi connectivity index (χ0v) is 18.0. The number of anilines is 2. The molecule has 0 bridgehead atoms. The summed E-state index contributed by atoms with van der Waals surface area (Å²) in [4.78, 5) is 11.2. The molecule has 0 aliphatic carbocycles. The molecule has 0 unspecified atom stereocenters. The van der Waals surface area contributed by atoms with Crippen LogP contribution in [0.15, 0.2) is 53.4 Å². The Morgan fingerprint density at radius 3 is 1.91 bits per heavy atom. The van der Waals surface area contributed by atoms with Gasteiger partial charge in [-0.3, -0.25) is 14.3 Å².